The van der Waals surface area contributed by atoms with E-state index in [1.165, 1.54) is 49.0 Å². The Balaban J connectivity index is 1.58. The molecule has 0 N–H and O–H groups in total. The van der Waals surface area contributed by atoms with E-state index in [1.54, 1.807) is 0 Å². The lowest BCUT2D eigenvalue weighted by molar-refractivity contribution is 0.298. The summed E-state index contributed by atoms with van der Waals surface area (Å²) < 4.78 is 6.59. The predicted octanol–water partition coefficient (Wildman–Crippen LogP) is 8.19. The average Bonchev–Trinajstić information content (AvgIpc) is 2.96. The monoisotopic (exact) mass is 560 g/mol. The Hall–Kier alpha value is -3.24. The highest BCUT2D eigenvalue weighted by Crippen LogP contribution is 2.47. The van der Waals surface area contributed by atoms with Crippen LogP contribution >= 0.6 is 16.5 Å². The third kappa shape index (κ3) is 6.39. The Bertz CT molecular complexity index is 1520. The van der Waals surface area contributed by atoms with Crippen LogP contribution in [0.5, 0.6) is 5.75 Å². The number of hydrogen-bond acceptors (Lipinski definition) is 1. The second kappa shape index (κ2) is 12.5. The van der Waals surface area contributed by atoms with Gasteiger partial charge in [0.25, 0.3) is 0 Å². The molecule has 5 aromatic rings. The summed E-state index contributed by atoms with van der Waals surface area (Å²) in [7, 11) is -0.101. The lowest BCUT2D eigenvalue weighted by Crippen LogP contribution is -2.32. The Labute approximate surface area is 243 Å². The molecule has 5 aromatic carbocycles. The fraction of sp³-hybridized carbons (Fsp3) is 0.189. The predicted molar refractivity (Wildman–Crippen MR) is 178 cm³/mol. The van der Waals surface area contributed by atoms with Crippen LogP contribution in [0.15, 0.2) is 121 Å². The molecular weight excluding hydrogens is 522 g/mol. The first-order chi connectivity index (χ1) is 19.3. The van der Waals surface area contributed by atoms with Gasteiger partial charge in [-0.2, -0.15) is 0 Å². The second-order valence-electron chi connectivity index (χ2n) is 11.0. The van der Waals surface area contributed by atoms with Crippen LogP contribution < -0.4 is 26.0 Å². The molecule has 40 heavy (non-hydrogen) atoms. The minimum absolute atomic E-state index is 0.113. The Morgan fingerprint density at radius 2 is 1.23 bits per heavy atom. The minimum Gasteiger partial charge on any atom is -0.488 e. The highest BCUT2D eigenvalue weighted by Gasteiger charge is 2.30. The van der Waals surface area contributed by atoms with Gasteiger partial charge in [0.05, 0.1) is 0 Å². The third-order valence-electron chi connectivity index (χ3n) is 7.28. The molecule has 0 aromatic heterocycles. The van der Waals surface area contributed by atoms with Gasteiger partial charge < -0.3 is 4.74 Å². The highest BCUT2D eigenvalue weighted by molar-refractivity contribution is 7.81. The van der Waals surface area contributed by atoms with Crippen molar-refractivity contribution in [2.75, 3.05) is 0 Å². The van der Waals surface area contributed by atoms with E-state index in [9.17, 15) is 0 Å². The molecule has 0 saturated heterocycles. The lowest BCUT2D eigenvalue weighted by Gasteiger charge is -2.32. The van der Waals surface area contributed by atoms with Crippen molar-refractivity contribution in [3.63, 3.8) is 0 Å². The zero-order chi connectivity index (χ0) is 28.1. The second-order valence-corrected chi connectivity index (χ2v) is 15.1. The topological polar surface area (TPSA) is 9.23 Å². The van der Waals surface area contributed by atoms with Crippen molar-refractivity contribution in [3.8, 4) is 5.75 Å². The SMILES string of the molecule is Cc1cc(C)c(OCc2ccccc2)c(C(C)(C)Pc2c(C)cccc2P(c2ccccc2)c2ccccc2)c1. The van der Waals surface area contributed by atoms with Crippen LogP contribution in [-0.2, 0) is 11.8 Å². The van der Waals surface area contributed by atoms with Crippen molar-refractivity contribution in [1.82, 2.24) is 0 Å². The first kappa shape index (κ1) is 28.3. The minimum atomic E-state index is -0.686. The molecule has 0 amide bonds. The summed E-state index contributed by atoms with van der Waals surface area (Å²) in [4.78, 5) is 0. The molecule has 1 unspecified atom stereocenters. The van der Waals surface area contributed by atoms with Gasteiger partial charge in [0.15, 0.2) is 0 Å². The molecule has 3 heteroatoms. The van der Waals surface area contributed by atoms with Crippen molar-refractivity contribution in [3.05, 3.63) is 149 Å². The third-order valence-corrected chi connectivity index (χ3v) is 11.8. The van der Waals surface area contributed by atoms with Gasteiger partial charge in [0.2, 0.25) is 0 Å². The highest BCUT2D eigenvalue weighted by atomic mass is 31.1. The van der Waals surface area contributed by atoms with E-state index in [2.05, 4.69) is 156 Å². The van der Waals surface area contributed by atoms with E-state index in [0.717, 1.165) is 5.75 Å². The van der Waals surface area contributed by atoms with Crippen molar-refractivity contribution < 1.29 is 4.74 Å². The summed E-state index contributed by atoms with van der Waals surface area (Å²) in [5.41, 5.74) is 6.31. The van der Waals surface area contributed by atoms with Crippen molar-refractivity contribution >= 4 is 37.7 Å². The zero-order valence-corrected chi connectivity index (χ0v) is 26.0. The summed E-state index contributed by atoms with van der Waals surface area (Å²) >= 11 is 0. The molecule has 0 saturated carbocycles. The average molecular weight is 561 g/mol. The molecule has 1 atom stereocenters. The van der Waals surface area contributed by atoms with Gasteiger partial charge in [-0.25, -0.2) is 0 Å². The van der Waals surface area contributed by atoms with Crippen LogP contribution in [0, 0.1) is 20.8 Å². The van der Waals surface area contributed by atoms with Crippen molar-refractivity contribution in [2.24, 2.45) is 0 Å². The van der Waals surface area contributed by atoms with Crippen molar-refractivity contribution in [2.45, 2.75) is 46.4 Å². The van der Waals surface area contributed by atoms with Gasteiger partial charge in [0.1, 0.15) is 12.4 Å². The van der Waals surface area contributed by atoms with E-state index < -0.39 is 7.92 Å². The van der Waals surface area contributed by atoms with Crippen LogP contribution in [-0.4, -0.2) is 0 Å². The number of aryl methyl sites for hydroxylation is 3. The first-order valence-corrected chi connectivity index (χ1v) is 16.2. The Morgan fingerprint density at radius 1 is 0.650 bits per heavy atom. The van der Waals surface area contributed by atoms with Gasteiger partial charge in [-0.1, -0.05) is 149 Å². The van der Waals surface area contributed by atoms with E-state index in [1.807, 2.05) is 0 Å². The number of hydrogen-bond donors (Lipinski definition) is 0. The molecule has 0 radical (unpaired) electrons. The van der Waals surface area contributed by atoms with Gasteiger partial charge in [-0.05, 0) is 66.6 Å². The van der Waals surface area contributed by atoms with Crippen LogP contribution in [0.1, 0.15) is 41.7 Å². The van der Waals surface area contributed by atoms with Crippen LogP contribution in [0.3, 0.4) is 0 Å². The molecule has 0 aliphatic heterocycles. The fourth-order valence-electron chi connectivity index (χ4n) is 5.30. The number of ether oxygens (including phenoxy) is 1. The van der Waals surface area contributed by atoms with Crippen LogP contribution in [0.4, 0.5) is 0 Å². The number of benzene rings is 5. The standard InChI is InChI=1S/C37H38OP2/c1-27-24-29(3)35(38-26-30-17-9-6-10-18-30)33(25-27)37(4,5)39-36-28(2)16-15-23-34(36)40(31-19-11-7-12-20-31)32-21-13-8-14-22-32/h6-25,39H,26H2,1-5H3. The smallest absolute Gasteiger partial charge is 0.126 e. The normalized spacial score (nSPS) is 11.8. The molecule has 0 aliphatic carbocycles. The summed E-state index contributed by atoms with van der Waals surface area (Å²) in [6.07, 6.45) is 0. The van der Waals surface area contributed by atoms with E-state index >= 15 is 0 Å². The quantitative estimate of drug-likeness (QED) is 0.165. The van der Waals surface area contributed by atoms with Gasteiger partial charge in [-0.15, -0.1) is 0 Å². The largest absolute Gasteiger partial charge is 0.488 e. The lowest BCUT2D eigenvalue weighted by atomic mass is 9.96. The molecule has 0 spiro atoms. The van der Waals surface area contributed by atoms with Gasteiger partial charge in [0, 0.05) is 10.7 Å². The molecule has 0 bridgehead atoms. The summed E-state index contributed by atoms with van der Waals surface area (Å²) in [6, 6.07) is 44.0. The van der Waals surface area contributed by atoms with E-state index in [4.69, 9.17) is 4.74 Å². The van der Waals surface area contributed by atoms with E-state index in [-0.39, 0.29) is 5.16 Å². The summed E-state index contributed by atoms with van der Waals surface area (Å²) in [5, 5.41) is 5.58. The molecule has 0 fully saturated rings. The molecule has 0 aliphatic rings. The van der Waals surface area contributed by atoms with Crippen LogP contribution in [0.25, 0.3) is 0 Å². The first-order valence-electron chi connectivity index (χ1n) is 13.9. The Morgan fingerprint density at radius 3 is 1.82 bits per heavy atom. The molecular formula is C37H38OP2. The van der Waals surface area contributed by atoms with Gasteiger partial charge in [-0.3, -0.25) is 0 Å². The maximum atomic E-state index is 6.59. The zero-order valence-electron chi connectivity index (χ0n) is 24.1. The molecule has 5 rings (SSSR count). The van der Waals surface area contributed by atoms with Crippen molar-refractivity contribution in [1.29, 1.82) is 0 Å². The molecule has 0 heterocycles. The molecule has 202 valence electrons. The molecule has 1 nitrogen and oxygen atoms in total. The Kier molecular flexibility index (Phi) is 8.85. The summed E-state index contributed by atoms with van der Waals surface area (Å²) in [5.74, 6) is 1.02. The summed E-state index contributed by atoms with van der Waals surface area (Å²) in [6.45, 7) is 12.0. The maximum Gasteiger partial charge on any atom is 0.126 e. The van der Waals surface area contributed by atoms with Crippen LogP contribution in [0.2, 0.25) is 0 Å². The van der Waals surface area contributed by atoms with E-state index in [0.29, 0.717) is 15.2 Å². The van der Waals surface area contributed by atoms with Gasteiger partial charge >= 0.3 is 0 Å². The fourth-order valence-corrected chi connectivity index (χ4v) is 9.67. The maximum absolute atomic E-state index is 6.59. The number of rotatable bonds is 9.